The van der Waals surface area contributed by atoms with Crippen molar-refractivity contribution in [3.63, 3.8) is 0 Å². The summed E-state index contributed by atoms with van der Waals surface area (Å²) in [4.78, 5) is 44.5. The van der Waals surface area contributed by atoms with Gasteiger partial charge in [0.25, 0.3) is 5.91 Å². The average molecular weight is 435 g/mol. The number of rotatable bonds is 3. The van der Waals surface area contributed by atoms with Gasteiger partial charge >= 0.3 is 6.03 Å². The second kappa shape index (κ2) is 8.45. The second-order valence-electron chi connectivity index (χ2n) is 9.29. The normalized spacial score (nSPS) is 21.7. The Morgan fingerprint density at radius 1 is 0.938 bits per heavy atom. The molecule has 1 aromatic heterocycles. The van der Waals surface area contributed by atoms with Crippen LogP contribution in [-0.2, 0) is 11.3 Å². The Bertz CT molecular complexity index is 1020. The van der Waals surface area contributed by atoms with Crippen molar-refractivity contribution in [2.75, 3.05) is 26.2 Å². The maximum Gasteiger partial charge on any atom is 0.329 e. The standard InChI is InChI=1S/C25H30N4O3/c1-18-6-8-19(9-7-18)23(30)27-12-2-4-20(16-27)24(31)26-14-10-21(11-15-26)29-17-22-5-3-13-28(22)25(29)32/h3,5-9,13,20-21H,2,4,10-12,14-17H2,1H3. The van der Waals surface area contributed by atoms with Gasteiger partial charge in [-0.25, -0.2) is 4.79 Å². The van der Waals surface area contributed by atoms with Gasteiger partial charge in [0.05, 0.1) is 12.5 Å². The topological polar surface area (TPSA) is 65.9 Å². The number of amides is 3. The van der Waals surface area contributed by atoms with Gasteiger partial charge < -0.3 is 14.7 Å². The van der Waals surface area contributed by atoms with Crippen molar-refractivity contribution in [1.82, 2.24) is 19.3 Å². The van der Waals surface area contributed by atoms with Crippen LogP contribution in [0.1, 0.15) is 47.3 Å². The van der Waals surface area contributed by atoms with E-state index in [1.54, 1.807) is 4.57 Å². The van der Waals surface area contributed by atoms with Gasteiger partial charge in [0.1, 0.15) is 0 Å². The summed E-state index contributed by atoms with van der Waals surface area (Å²) in [5.74, 6) is 0.0328. The highest BCUT2D eigenvalue weighted by molar-refractivity contribution is 5.94. The first-order valence-corrected chi connectivity index (χ1v) is 11.6. The molecule has 7 heteroatoms. The van der Waals surface area contributed by atoms with E-state index in [1.165, 1.54) is 0 Å². The molecular formula is C25H30N4O3. The average Bonchev–Trinajstić information content (AvgIpc) is 3.42. The highest BCUT2D eigenvalue weighted by atomic mass is 16.2. The summed E-state index contributed by atoms with van der Waals surface area (Å²) in [5.41, 5.74) is 2.85. The maximum atomic E-state index is 13.2. The molecule has 2 saturated heterocycles. The van der Waals surface area contributed by atoms with Crippen molar-refractivity contribution in [3.8, 4) is 0 Å². The van der Waals surface area contributed by atoms with E-state index in [0.29, 0.717) is 38.3 Å². The molecular weight excluding hydrogens is 404 g/mol. The Hall–Kier alpha value is -3.09. The van der Waals surface area contributed by atoms with Crippen LogP contribution in [0.4, 0.5) is 4.79 Å². The van der Waals surface area contributed by atoms with Gasteiger partial charge in [-0.05, 0) is 56.9 Å². The smallest absolute Gasteiger partial charge is 0.329 e. The number of fused-ring (bicyclic) bond motifs is 1. The predicted octanol–water partition coefficient (Wildman–Crippen LogP) is 3.12. The number of aromatic nitrogens is 1. The molecule has 2 fully saturated rings. The highest BCUT2D eigenvalue weighted by Crippen LogP contribution is 2.27. The monoisotopic (exact) mass is 434 g/mol. The summed E-state index contributed by atoms with van der Waals surface area (Å²) < 4.78 is 1.72. The predicted molar refractivity (Wildman–Crippen MR) is 120 cm³/mol. The molecule has 4 heterocycles. The van der Waals surface area contributed by atoms with Crippen molar-refractivity contribution in [2.45, 2.75) is 45.2 Å². The fourth-order valence-corrected chi connectivity index (χ4v) is 5.30. The summed E-state index contributed by atoms with van der Waals surface area (Å²) in [6.45, 7) is 5.20. The Morgan fingerprint density at radius 3 is 2.41 bits per heavy atom. The first-order valence-electron chi connectivity index (χ1n) is 11.6. The van der Waals surface area contributed by atoms with Gasteiger partial charge in [0.15, 0.2) is 0 Å². The quantitative estimate of drug-likeness (QED) is 0.746. The molecule has 0 saturated carbocycles. The van der Waals surface area contributed by atoms with Crippen LogP contribution in [-0.4, -0.2) is 69.3 Å². The molecule has 3 amide bonds. The maximum absolute atomic E-state index is 13.2. The van der Waals surface area contributed by atoms with E-state index >= 15 is 0 Å². The minimum Gasteiger partial charge on any atom is -0.342 e. The molecule has 2 aromatic rings. The Morgan fingerprint density at radius 2 is 1.69 bits per heavy atom. The van der Waals surface area contributed by atoms with Gasteiger partial charge in [-0.3, -0.25) is 14.2 Å². The van der Waals surface area contributed by atoms with Crippen molar-refractivity contribution in [3.05, 3.63) is 59.4 Å². The van der Waals surface area contributed by atoms with E-state index in [-0.39, 0.29) is 29.8 Å². The Labute approximate surface area is 188 Å². The zero-order chi connectivity index (χ0) is 22.2. The zero-order valence-corrected chi connectivity index (χ0v) is 18.6. The molecule has 32 heavy (non-hydrogen) atoms. The van der Waals surface area contributed by atoms with Crippen molar-refractivity contribution < 1.29 is 14.4 Å². The van der Waals surface area contributed by atoms with Crippen LogP contribution in [0, 0.1) is 12.8 Å². The van der Waals surface area contributed by atoms with Crippen molar-refractivity contribution in [2.24, 2.45) is 5.92 Å². The molecule has 0 aliphatic carbocycles. The lowest BCUT2D eigenvalue weighted by atomic mass is 9.94. The number of aryl methyl sites for hydroxylation is 1. The van der Waals surface area contributed by atoms with E-state index in [2.05, 4.69) is 0 Å². The molecule has 1 unspecified atom stereocenters. The number of carbonyl (C=O) groups is 3. The SMILES string of the molecule is Cc1ccc(C(=O)N2CCCC(C(=O)N3CCC(N4Cc5cccn5C4=O)CC3)C2)cc1. The molecule has 3 aliphatic heterocycles. The van der Waals surface area contributed by atoms with Crippen molar-refractivity contribution >= 4 is 17.8 Å². The summed E-state index contributed by atoms with van der Waals surface area (Å²) in [5, 5.41) is 0. The van der Waals surface area contributed by atoms with Crippen LogP contribution >= 0.6 is 0 Å². The molecule has 3 aliphatic rings. The van der Waals surface area contributed by atoms with E-state index in [9.17, 15) is 14.4 Å². The van der Waals surface area contributed by atoms with E-state index < -0.39 is 0 Å². The molecule has 5 rings (SSSR count). The number of piperidine rings is 2. The molecule has 1 atom stereocenters. The van der Waals surface area contributed by atoms with Crippen LogP contribution in [0.25, 0.3) is 0 Å². The molecule has 0 radical (unpaired) electrons. The van der Waals surface area contributed by atoms with Gasteiger partial charge in [-0.1, -0.05) is 17.7 Å². The fourth-order valence-electron chi connectivity index (χ4n) is 5.30. The van der Waals surface area contributed by atoms with Crippen molar-refractivity contribution in [1.29, 1.82) is 0 Å². The first-order chi connectivity index (χ1) is 15.5. The Kier molecular flexibility index (Phi) is 5.49. The minimum absolute atomic E-state index is 0.0117. The summed E-state index contributed by atoms with van der Waals surface area (Å²) >= 11 is 0. The lowest BCUT2D eigenvalue weighted by Gasteiger charge is -2.39. The van der Waals surface area contributed by atoms with Crippen LogP contribution in [0.5, 0.6) is 0 Å². The molecule has 1 aromatic carbocycles. The van der Waals surface area contributed by atoms with Gasteiger partial charge in [0, 0.05) is 49.7 Å². The Balaban J connectivity index is 1.16. The summed E-state index contributed by atoms with van der Waals surface area (Å²) in [7, 11) is 0. The molecule has 0 N–H and O–H groups in total. The summed E-state index contributed by atoms with van der Waals surface area (Å²) in [6.07, 6.45) is 5.12. The third kappa shape index (κ3) is 3.80. The lowest BCUT2D eigenvalue weighted by molar-refractivity contribution is -0.138. The molecule has 0 bridgehead atoms. The molecule has 168 valence electrons. The third-order valence-electron chi connectivity index (χ3n) is 7.19. The number of nitrogens with zero attached hydrogens (tertiary/aromatic N) is 4. The number of hydrogen-bond acceptors (Lipinski definition) is 3. The van der Waals surface area contributed by atoms with Crippen LogP contribution in [0.15, 0.2) is 42.6 Å². The number of carbonyl (C=O) groups excluding carboxylic acids is 3. The summed E-state index contributed by atoms with van der Waals surface area (Å²) in [6, 6.07) is 11.8. The van der Waals surface area contributed by atoms with Crippen LogP contribution < -0.4 is 0 Å². The van der Waals surface area contributed by atoms with Gasteiger partial charge in [-0.2, -0.15) is 0 Å². The van der Waals surface area contributed by atoms with E-state index in [0.717, 1.165) is 36.9 Å². The number of likely N-dealkylation sites (tertiary alicyclic amines) is 2. The van der Waals surface area contributed by atoms with E-state index in [1.807, 2.05) is 64.2 Å². The first kappa shape index (κ1) is 20.8. The second-order valence-corrected chi connectivity index (χ2v) is 9.29. The molecule has 7 nitrogen and oxygen atoms in total. The van der Waals surface area contributed by atoms with Gasteiger partial charge in [-0.15, -0.1) is 0 Å². The number of hydrogen-bond donors (Lipinski definition) is 0. The van der Waals surface area contributed by atoms with Crippen LogP contribution in [0.3, 0.4) is 0 Å². The minimum atomic E-state index is -0.135. The van der Waals surface area contributed by atoms with E-state index in [4.69, 9.17) is 0 Å². The largest absolute Gasteiger partial charge is 0.342 e. The number of benzene rings is 1. The zero-order valence-electron chi connectivity index (χ0n) is 18.6. The van der Waals surface area contributed by atoms with Gasteiger partial charge in [0.2, 0.25) is 5.91 Å². The fraction of sp³-hybridized carbons (Fsp3) is 0.480. The third-order valence-corrected chi connectivity index (χ3v) is 7.19. The lowest BCUT2D eigenvalue weighted by Crippen LogP contribution is -2.51. The van der Waals surface area contributed by atoms with Crippen LogP contribution in [0.2, 0.25) is 0 Å². The highest BCUT2D eigenvalue weighted by Gasteiger charge is 2.37. The molecule has 0 spiro atoms.